The van der Waals surface area contributed by atoms with E-state index in [1.807, 2.05) is 49.9 Å². The zero-order valence-corrected chi connectivity index (χ0v) is 19.3. The molecule has 1 unspecified atom stereocenters. The molecule has 164 valence electrons. The Labute approximate surface area is 180 Å². The van der Waals surface area contributed by atoms with E-state index in [4.69, 9.17) is 18.8 Å². The quantitative estimate of drug-likeness (QED) is 0.688. The summed E-state index contributed by atoms with van der Waals surface area (Å²) in [5.41, 5.74) is 0.497. The Bertz CT molecular complexity index is 794. The van der Waals surface area contributed by atoms with Gasteiger partial charge in [0, 0.05) is 0 Å². The minimum atomic E-state index is -0.531. The Hall–Kier alpha value is -1.57. The second-order valence-corrected chi connectivity index (χ2v) is 10.9. The highest BCUT2D eigenvalue weighted by molar-refractivity contribution is 6.62. The molecule has 7 heteroatoms. The van der Waals surface area contributed by atoms with Crippen LogP contribution in [-0.2, 0) is 18.8 Å². The molecule has 0 bridgehead atoms. The lowest BCUT2D eigenvalue weighted by Crippen LogP contribution is -2.53. The molecule has 4 rings (SSSR count). The first-order valence-corrected chi connectivity index (χ1v) is 10.9. The predicted octanol–water partition coefficient (Wildman–Crippen LogP) is 3.83. The Morgan fingerprint density at radius 1 is 1.07 bits per heavy atom. The summed E-state index contributed by atoms with van der Waals surface area (Å²) in [4.78, 5) is 15.0. The Morgan fingerprint density at radius 3 is 2.13 bits per heavy atom. The molecular formula is C23H34BNO5. The summed E-state index contributed by atoms with van der Waals surface area (Å²) in [6.45, 7) is 15.0. The molecule has 2 heterocycles. The monoisotopic (exact) mass is 415 g/mol. The summed E-state index contributed by atoms with van der Waals surface area (Å²) < 4.78 is 24.0. The molecule has 3 aliphatic rings. The van der Waals surface area contributed by atoms with Gasteiger partial charge in [0.2, 0.25) is 0 Å². The maximum absolute atomic E-state index is 13.1. The summed E-state index contributed by atoms with van der Waals surface area (Å²) in [6.07, 6.45) is 1.65. The van der Waals surface area contributed by atoms with Crippen molar-refractivity contribution in [2.75, 3.05) is 13.2 Å². The second-order valence-electron chi connectivity index (χ2n) is 10.9. The maximum Gasteiger partial charge on any atom is 0.494 e. The molecule has 1 aromatic carbocycles. The molecule has 0 radical (unpaired) electrons. The van der Waals surface area contributed by atoms with E-state index in [9.17, 15) is 4.79 Å². The van der Waals surface area contributed by atoms with Gasteiger partial charge in [-0.1, -0.05) is 24.3 Å². The average Bonchev–Trinajstić information content (AvgIpc) is 3.33. The van der Waals surface area contributed by atoms with E-state index >= 15 is 0 Å². The number of amides is 1. The standard InChI is InChI=1S/C23H34BNO5/c1-20(2,3)28-19(26)25-18(14-27-15-23(25)12-13-23)16-8-10-17(11-9-16)24-29-21(4,5)22(6,7)30-24/h8-11,18H,12-15H2,1-7H3. The van der Waals surface area contributed by atoms with Crippen LogP contribution in [0.2, 0.25) is 0 Å². The van der Waals surface area contributed by atoms with Crippen molar-refractivity contribution in [3.63, 3.8) is 0 Å². The van der Waals surface area contributed by atoms with Crippen LogP contribution in [0.5, 0.6) is 0 Å². The number of carbonyl (C=O) groups excluding carboxylic acids is 1. The van der Waals surface area contributed by atoms with Crippen molar-refractivity contribution in [3.05, 3.63) is 29.8 Å². The minimum Gasteiger partial charge on any atom is -0.444 e. The van der Waals surface area contributed by atoms with E-state index in [2.05, 4.69) is 27.7 Å². The topological polar surface area (TPSA) is 57.2 Å². The van der Waals surface area contributed by atoms with Crippen molar-refractivity contribution in [3.8, 4) is 0 Å². The molecule has 1 aromatic rings. The predicted molar refractivity (Wildman–Crippen MR) is 116 cm³/mol. The van der Waals surface area contributed by atoms with Crippen LogP contribution >= 0.6 is 0 Å². The second kappa shape index (κ2) is 6.97. The van der Waals surface area contributed by atoms with E-state index in [1.54, 1.807) is 0 Å². The van der Waals surface area contributed by atoms with Crippen LogP contribution in [0, 0.1) is 0 Å². The third kappa shape index (κ3) is 3.87. The lowest BCUT2D eigenvalue weighted by atomic mass is 9.78. The highest BCUT2D eigenvalue weighted by Gasteiger charge is 2.57. The molecule has 2 aliphatic heterocycles. The van der Waals surface area contributed by atoms with Gasteiger partial charge in [-0.2, -0.15) is 0 Å². The first-order chi connectivity index (χ1) is 13.8. The van der Waals surface area contributed by atoms with Crippen molar-refractivity contribution in [1.29, 1.82) is 0 Å². The molecule has 0 aromatic heterocycles. The molecule has 1 amide bonds. The molecule has 1 atom stereocenters. The number of rotatable bonds is 2. The third-order valence-corrected chi connectivity index (χ3v) is 6.73. The van der Waals surface area contributed by atoms with E-state index in [-0.39, 0.29) is 28.9 Å². The number of hydrogen-bond donors (Lipinski definition) is 0. The van der Waals surface area contributed by atoms with Gasteiger partial charge < -0.3 is 18.8 Å². The first-order valence-electron chi connectivity index (χ1n) is 10.9. The third-order valence-electron chi connectivity index (χ3n) is 6.73. The summed E-state index contributed by atoms with van der Waals surface area (Å²) in [5, 5.41) is 0. The molecular weight excluding hydrogens is 381 g/mol. The number of morpholine rings is 1. The maximum atomic E-state index is 13.1. The summed E-state index contributed by atoms with van der Waals surface area (Å²) in [6, 6.07) is 7.99. The van der Waals surface area contributed by atoms with Gasteiger partial charge in [0.25, 0.3) is 0 Å². The molecule has 0 N–H and O–H groups in total. The molecule has 30 heavy (non-hydrogen) atoms. The van der Waals surface area contributed by atoms with Gasteiger partial charge in [-0.15, -0.1) is 0 Å². The highest BCUT2D eigenvalue weighted by Crippen LogP contribution is 2.49. The van der Waals surface area contributed by atoms with Crippen LogP contribution in [0.1, 0.15) is 72.9 Å². The highest BCUT2D eigenvalue weighted by atomic mass is 16.7. The SMILES string of the molecule is CC(C)(C)OC(=O)N1C(c2ccc(B3OC(C)(C)C(C)(C)O3)cc2)COCC12CC2. The molecule has 2 saturated heterocycles. The lowest BCUT2D eigenvalue weighted by Gasteiger charge is -2.43. The normalized spacial score (nSPS) is 26.7. The molecule has 3 fully saturated rings. The Kier molecular flexibility index (Phi) is 5.03. The Morgan fingerprint density at radius 2 is 1.63 bits per heavy atom. The Balaban J connectivity index is 1.56. The number of nitrogens with zero attached hydrogens (tertiary/aromatic N) is 1. The van der Waals surface area contributed by atoms with Crippen LogP contribution in [0.25, 0.3) is 0 Å². The number of hydrogen-bond acceptors (Lipinski definition) is 5. The first kappa shape index (κ1) is 21.7. The van der Waals surface area contributed by atoms with Gasteiger partial charge >= 0.3 is 13.2 Å². The summed E-state index contributed by atoms with van der Waals surface area (Å²) in [5.74, 6) is 0. The van der Waals surface area contributed by atoms with E-state index in [0.717, 1.165) is 23.9 Å². The fourth-order valence-corrected chi connectivity index (χ4v) is 4.10. The molecule has 1 saturated carbocycles. The van der Waals surface area contributed by atoms with Gasteiger partial charge in [0.15, 0.2) is 0 Å². The van der Waals surface area contributed by atoms with Crippen LogP contribution in [0.3, 0.4) is 0 Å². The van der Waals surface area contributed by atoms with E-state index in [1.165, 1.54) is 0 Å². The zero-order chi connectivity index (χ0) is 21.9. The van der Waals surface area contributed by atoms with Crippen molar-refractivity contribution in [2.45, 2.75) is 89.7 Å². The fourth-order valence-electron chi connectivity index (χ4n) is 4.10. The van der Waals surface area contributed by atoms with Crippen molar-refractivity contribution in [1.82, 2.24) is 4.90 Å². The molecule has 1 aliphatic carbocycles. The summed E-state index contributed by atoms with van der Waals surface area (Å²) in [7, 11) is -0.400. The van der Waals surface area contributed by atoms with Gasteiger partial charge in [0.1, 0.15) is 5.60 Å². The average molecular weight is 415 g/mol. The van der Waals surface area contributed by atoms with Crippen LogP contribution in [0.4, 0.5) is 4.79 Å². The van der Waals surface area contributed by atoms with Gasteiger partial charge in [-0.05, 0) is 72.3 Å². The van der Waals surface area contributed by atoms with Crippen LogP contribution in [-0.4, -0.2) is 53.7 Å². The smallest absolute Gasteiger partial charge is 0.444 e. The molecule has 6 nitrogen and oxygen atoms in total. The zero-order valence-electron chi connectivity index (χ0n) is 19.3. The van der Waals surface area contributed by atoms with Crippen molar-refractivity contribution in [2.24, 2.45) is 0 Å². The van der Waals surface area contributed by atoms with Crippen molar-refractivity contribution >= 4 is 18.7 Å². The fraction of sp³-hybridized carbons (Fsp3) is 0.696. The largest absolute Gasteiger partial charge is 0.494 e. The molecule has 1 spiro atoms. The number of carbonyl (C=O) groups is 1. The number of ether oxygens (including phenoxy) is 2. The minimum absolute atomic E-state index is 0.163. The van der Waals surface area contributed by atoms with Gasteiger partial charge in [-0.25, -0.2) is 4.79 Å². The number of benzene rings is 1. The van der Waals surface area contributed by atoms with Crippen molar-refractivity contribution < 1.29 is 23.6 Å². The van der Waals surface area contributed by atoms with E-state index < -0.39 is 12.7 Å². The van der Waals surface area contributed by atoms with Crippen LogP contribution < -0.4 is 5.46 Å². The lowest BCUT2D eigenvalue weighted by molar-refractivity contribution is -0.0711. The van der Waals surface area contributed by atoms with E-state index in [0.29, 0.717) is 13.2 Å². The van der Waals surface area contributed by atoms with Gasteiger partial charge in [-0.3, -0.25) is 4.90 Å². The van der Waals surface area contributed by atoms with Gasteiger partial charge in [0.05, 0.1) is 36.0 Å². The van der Waals surface area contributed by atoms with Crippen LogP contribution in [0.15, 0.2) is 24.3 Å². The summed E-state index contributed by atoms with van der Waals surface area (Å²) >= 11 is 0.